The van der Waals surface area contributed by atoms with Gasteiger partial charge in [0.1, 0.15) is 23.4 Å². The largest absolute Gasteiger partial charge is 0.497 e. The van der Waals surface area contributed by atoms with Gasteiger partial charge in [-0.15, -0.1) is 0 Å². The average Bonchev–Trinajstić information content (AvgIpc) is 3.76. The molecule has 2 aliphatic heterocycles. The molecule has 0 unspecified atom stereocenters. The van der Waals surface area contributed by atoms with Gasteiger partial charge in [-0.3, -0.25) is 34.3 Å². The van der Waals surface area contributed by atoms with Crippen molar-refractivity contribution in [2.24, 2.45) is 11.3 Å². The number of methoxy groups -OCH3 is 1. The third-order valence-corrected chi connectivity index (χ3v) is 11.0. The first kappa shape index (κ1) is 41.7. The lowest BCUT2D eigenvalue weighted by molar-refractivity contribution is -0.145. The van der Waals surface area contributed by atoms with Gasteiger partial charge in [0, 0.05) is 30.0 Å². The molecule has 1 spiro atoms. The Hall–Kier alpha value is -4.42. The Labute approximate surface area is 329 Å². The number of hydrogen-bond acceptors (Lipinski definition) is 8. The van der Waals surface area contributed by atoms with Crippen molar-refractivity contribution in [3.8, 4) is 5.75 Å². The number of likely N-dealkylation sites (tertiary alicyclic amines) is 1. The fourth-order valence-electron chi connectivity index (χ4n) is 7.73. The highest BCUT2D eigenvalue weighted by Crippen LogP contribution is 2.39. The molecule has 298 valence electrons. The van der Waals surface area contributed by atoms with Gasteiger partial charge in [0.05, 0.1) is 25.4 Å². The molecular weight excluding hydrogens is 722 g/mol. The zero-order valence-electron chi connectivity index (χ0n) is 32.7. The second-order valence-corrected chi connectivity index (χ2v) is 16.6. The van der Waals surface area contributed by atoms with Crippen LogP contribution in [0.2, 0.25) is 5.02 Å². The number of Topliss-reactive ketones (excluding diaryl/α,β-unsaturated/α-hetero) is 1. The average molecular weight is 778 g/mol. The third-order valence-electron chi connectivity index (χ3n) is 10.7. The standard InChI is InChI=1S/C42H56ClN5O7/c1-6-12-32(36(50)39(52)44-20-19-28-15-10-18-31(21-28)54-5)45-38(51)34-25-42(24-33(47-55-42)29-16-11-17-30(43)23-29)26-48(34)40(53)37(41(2,3)4)46-35(49)22-27-13-8-7-9-14-27/h10-11,15-18,21,23-24,27,32,34,37,47H,6-9,12-14,19-20,22,25-26H2,1-5H3,(H,44,52)(H,45,51)(H,46,49)/t32-,34-,37+,42+/m0/s1. The minimum Gasteiger partial charge on any atom is -0.497 e. The number of nitrogens with zero attached hydrogens (tertiary/aromatic N) is 1. The van der Waals surface area contributed by atoms with E-state index >= 15 is 0 Å². The van der Waals surface area contributed by atoms with Crippen molar-refractivity contribution < 1.29 is 33.5 Å². The number of hydroxylamine groups is 1. The Morgan fingerprint density at radius 3 is 2.47 bits per heavy atom. The number of rotatable bonds is 15. The van der Waals surface area contributed by atoms with E-state index in [2.05, 4.69) is 21.4 Å². The Bertz CT molecular complexity index is 1750. The predicted molar refractivity (Wildman–Crippen MR) is 211 cm³/mol. The summed E-state index contributed by atoms with van der Waals surface area (Å²) in [7, 11) is 1.58. The number of ketones is 1. The molecule has 4 N–H and O–H groups in total. The summed E-state index contributed by atoms with van der Waals surface area (Å²) in [5, 5.41) is 9.07. The minimum atomic E-state index is -1.11. The van der Waals surface area contributed by atoms with Gasteiger partial charge in [-0.05, 0) is 72.9 Å². The Kier molecular flexibility index (Phi) is 14.0. The van der Waals surface area contributed by atoms with Gasteiger partial charge in [-0.1, -0.05) is 89.2 Å². The summed E-state index contributed by atoms with van der Waals surface area (Å²) in [6.45, 7) is 7.71. The molecule has 1 saturated heterocycles. The van der Waals surface area contributed by atoms with E-state index in [9.17, 15) is 24.0 Å². The number of carbonyl (C=O) groups excluding carboxylic acids is 5. The maximum Gasteiger partial charge on any atom is 0.289 e. The molecule has 3 aliphatic rings. The number of amides is 4. The Balaban J connectivity index is 1.35. The third kappa shape index (κ3) is 10.9. The molecule has 2 aromatic carbocycles. The van der Waals surface area contributed by atoms with Crippen LogP contribution in [0.5, 0.6) is 5.75 Å². The normalized spacial score (nSPS) is 20.9. The fourth-order valence-corrected chi connectivity index (χ4v) is 7.92. The Morgan fingerprint density at radius 1 is 1.04 bits per heavy atom. The summed E-state index contributed by atoms with van der Waals surface area (Å²) in [5.74, 6) is -1.81. The van der Waals surface area contributed by atoms with E-state index in [0.717, 1.165) is 36.8 Å². The summed E-state index contributed by atoms with van der Waals surface area (Å²) in [4.78, 5) is 76.7. The monoisotopic (exact) mass is 777 g/mol. The molecule has 2 aromatic rings. The first-order valence-corrected chi connectivity index (χ1v) is 19.9. The minimum absolute atomic E-state index is 0.00318. The van der Waals surface area contributed by atoms with Gasteiger partial charge in [0.25, 0.3) is 5.91 Å². The molecular formula is C42H56ClN5O7. The number of benzene rings is 2. The van der Waals surface area contributed by atoms with Gasteiger partial charge >= 0.3 is 0 Å². The fraction of sp³-hybridized carbons (Fsp3) is 0.548. The second kappa shape index (κ2) is 18.5. The summed E-state index contributed by atoms with van der Waals surface area (Å²) in [6, 6.07) is 11.5. The molecule has 55 heavy (non-hydrogen) atoms. The number of halogens is 1. The molecule has 12 nitrogen and oxygen atoms in total. The van der Waals surface area contributed by atoms with Crippen LogP contribution in [0.1, 0.15) is 96.6 Å². The molecule has 4 atom stereocenters. The lowest BCUT2D eigenvalue weighted by atomic mass is 9.84. The maximum atomic E-state index is 14.7. The van der Waals surface area contributed by atoms with Gasteiger partial charge in [-0.25, -0.2) is 0 Å². The van der Waals surface area contributed by atoms with Crippen molar-refractivity contribution >= 4 is 46.7 Å². The van der Waals surface area contributed by atoms with Gasteiger partial charge < -0.3 is 25.6 Å². The van der Waals surface area contributed by atoms with Crippen LogP contribution < -0.4 is 26.2 Å². The lowest BCUT2D eigenvalue weighted by Crippen LogP contribution is -2.59. The second-order valence-electron chi connectivity index (χ2n) is 16.2. The van der Waals surface area contributed by atoms with Crippen LogP contribution >= 0.6 is 11.6 Å². The number of carbonyl (C=O) groups is 5. The summed E-state index contributed by atoms with van der Waals surface area (Å²) >= 11 is 6.28. The number of ether oxygens (including phenoxy) is 1. The van der Waals surface area contributed by atoms with Crippen molar-refractivity contribution in [1.82, 2.24) is 26.3 Å². The van der Waals surface area contributed by atoms with E-state index < -0.39 is 52.6 Å². The molecule has 2 fully saturated rings. The summed E-state index contributed by atoms with van der Waals surface area (Å²) in [5.41, 5.74) is 3.50. The zero-order valence-corrected chi connectivity index (χ0v) is 33.4. The van der Waals surface area contributed by atoms with Gasteiger partial charge in [0.15, 0.2) is 0 Å². The van der Waals surface area contributed by atoms with E-state index in [4.69, 9.17) is 21.2 Å². The highest BCUT2D eigenvalue weighted by molar-refractivity contribution is 6.38. The first-order valence-electron chi connectivity index (χ1n) is 19.5. The van der Waals surface area contributed by atoms with Gasteiger partial charge in [0.2, 0.25) is 23.5 Å². The molecule has 0 bridgehead atoms. The van der Waals surface area contributed by atoms with Crippen LogP contribution in [0.25, 0.3) is 5.70 Å². The molecule has 0 aromatic heterocycles. The van der Waals surface area contributed by atoms with E-state index in [-0.39, 0.29) is 37.8 Å². The predicted octanol–water partition coefficient (Wildman–Crippen LogP) is 5.28. The van der Waals surface area contributed by atoms with Crippen LogP contribution in [-0.4, -0.2) is 78.2 Å². The van der Waals surface area contributed by atoms with E-state index in [0.29, 0.717) is 35.7 Å². The van der Waals surface area contributed by atoms with Crippen molar-refractivity contribution in [2.75, 3.05) is 20.2 Å². The quantitative estimate of drug-likeness (QED) is 0.178. The van der Waals surface area contributed by atoms with Crippen molar-refractivity contribution in [1.29, 1.82) is 0 Å². The van der Waals surface area contributed by atoms with Crippen LogP contribution in [0.4, 0.5) is 0 Å². The molecule has 1 saturated carbocycles. The molecule has 13 heteroatoms. The molecule has 5 rings (SSSR count). The highest BCUT2D eigenvalue weighted by Gasteiger charge is 2.54. The summed E-state index contributed by atoms with van der Waals surface area (Å²) < 4.78 is 5.27. The van der Waals surface area contributed by atoms with Crippen LogP contribution in [-0.2, 0) is 35.2 Å². The van der Waals surface area contributed by atoms with Crippen LogP contribution in [0.15, 0.2) is 54.6 Å². The SMILES string of the molecule is CCC[C@H](NC(=O)[C@@H]1C[C@]2(C=C(c3cccc(Cl)c3)NO2)CN1C(=O)[C@@H](NC(=O)CC1CCCCC1)C(C)(C)C)C(=O)C(=O)NCCc1cccc(OC)c1. The zero-order chi connectivity index (χ0) is 39.8. The number of hydrogen-bond donors (Lipinski definition) is 4. The van der Waals surface area contributed by atoms with Crippen molar-refractivity contribution in [3.05, 3.63) is 70.8 Å². The topological polar surface area (TPSA) is 155 Å². The maximum absolute atomic E-state index is 14.7. The van der Waals surface area contributed by atoms with Crippen molar-refractivity contribution in [2.45, 2.75) is 116 Å². The molecule has 0 radical (unpaired) electrons. The first-order chi connectivity index (χ1) is 26.2. The van der Waals surface area contributed by atoms with Crippen LogP contribution in [0, 0.1) is 11.3 Å². The lowest BCUT2D eigenvalue weighted by Gasteiger charge is -2.36. The smallest absolute Gasteiger partial charge is 0.289 e. The molecule has 1 aliphatic carbocycles. The van der Waals surface area contributed by atoms with E-state index in [1.807, 2.05) is 70.2 Å². The van der Waals surface area contributed by atoms with Gasteiger partial charge in [-0.2, -0.15) is 0 Å². The van der Waals surface area contributed by atoms with E-state index in [1.165, 1.54) is 11.3 Å². The number of nitrogens with one attached hydrogen (secondary N) is 4. The summed E-state index contributed by atoms with van der Waals surface area (Å²) in [6.07, 6.45) is 8.81. The van der Waals surface area contributed by atoms with E-state index in [1.54, 1.807) is 19.2 Å². The van der Waals surface area contributed by atoms with Crippen LogP contribution in [0.3, 0.4) is 0 Å². The highest BCUT2D eigenvalue weighted by atomic mass is 35.5. The van der Waals surface area contributed by atoms with Crippen molar-refractivity contribution in [3.63, 3.8) is 0 Å². The molecule has 4 amide bonds. The Morgan fingerprint density at radius 2 is 1.78 bits per heavy atom. The molecule has 2 heterocycles.